The molecule has 3 heteroatoms. The molecule has 0 N–H and O–H groups in total. The maximum atomic E-state index is 4.29. The lowest BCUT2D eigenvalue weighted by atomic mass is 10.2. The van der Waals surface area contributed by atoms with Gasteiger partial charge in [-0.1, -0.05) is 0 Å². The third-order valence-electron chi connectivity index (χ3n) is 2.15. The lowest BCUT2D eigenvalue weighted by Gasteiger charge is -2.01. The molecule has 0 radical (unpaired) electrons. The Morgan fingerprint density at radius 1 is 1.42 bits per heavy atom. The van der Waals surface area contributed by atoms with E-state index in [1.165, 1.54) is 11.1 Å². The number of rotatable bonds is 0. The summed E-state index contributed by atoms with van der Waals surface area (Å²) in [5.74, 6) is 0. The van der Waals surface area contributed by atoms with Crippen molar-refractivity contribution in [3.05, 3.63) is 34.2 Å². The molecule has 0 aliphatic carbocycles. The molecular weight excluding hydrogens is 216 g/mol. The van der Waals surface area contributed by atoms with Crippen molar-refractivity contribution in [1.29, 1.82) is 0 Å². The van der Waals surface area contributed by atoms with Crippen molar-refractivity contribution < 1.29 is 0 Å². The van der Waals surface area contributed by atoms with E-state index < -0.39 is 0 Å². The molecule has 2 aromatic heterocycles. The van der Waals surface area contributed by atoms with Gasteiger partial charge in [-0.05, 0) is 47.0 Å². The predicted octanol–water partition coefficient (Wildman–Crippen LogP) is 2.71. The van der Waals surface area contributed by atoms with Gasteiger partial charge in [-0.3, -0.25) is 4.40 Å². The molecule has 12 heavy (non-hydrogen) atoms. The summed E-state index contributed by atoms with van der Waals surface area (Å²) in [6, 6.07) is 2.09. The van der Waals surface area contributed by atoms with Gasteiger partial charge in [-0.15, -0.1) is 0 Å². The first-order valence-electron chi connectivity index (χ1n) is 3.79. The van der Waals surface area contributed by atoms with Gasteiger partial charge < -0.3 is 0 Å². The van der Waals surface area contributed by atoms with E-state index >= 15 is 0 Å². The zero-order valence-corrected chi connectivity index (χ0v) is 8.59. The normalized spacial score (nSPS) is 10.9. The fourth-order valence-electron chi connectivity index (χ4n) is 1.25. The van der Waals surface area contributed by atoms with E-state index in [-0.39, 0.29) is 0 Å². The van der Waals surface area contributed by atoms with Crippen LogP contribution in [0.5, 0.6) is 0 Å². The molecule has 0 unspecified atom stereocenters. The van der Waals surface area contributed by atoms with Gasteiger partial charge in [0.15, 0.2) is 0 Å². The highest BCUT2D eigenvalue weighted by Gasteiger charge is 2.03. The fraction of sp³-hybridized carbons (Fsp3) is 0.222. The van der Waals surface area contributed by atoms with Crippen LogP contribution in [0, 0.1) is 13.8 Å². The van der Waals surface area contributed by atoms with Crippen molar-refractivity contribution in [3.8, 4) is 0 Å². The largest absolute Gasteiger partial charge is 0.294 e. The molecule has 0 aromatic carbocycles. The number of halogens is 1. The number of aryl methyl sites for hydroxylation is 2. The second kappa shape index (κ2) is 2.59. The molecule has 2 heterocycles. The van der Waals surface area contributed by atoms with Crippen LogP contribution in [0.25, 0.3) is 5.65 Å². The van der Waals surface area contributed by atoms with Gasteiger partial charge in [0.2, 0.25) is 0 Å². The number of hydrogen-bond donors (Lipinski definition) is 0. The Morgan fingerprint density at radius 3 is 2.92 bits per heavy atom. The number of aromatic nitrogens is 2. The van der Waals surface area contributed by atoms with Gasteiger partial charge in [-0.2, -0.15) is 0 Å². The van der Waals surface area contributed by atoms with Crippen LogP contribution in [-0.2, 0) is 0 Å². The topological polar surface area (TPSA) is 17.3 Å². The molecular formula is C9H9BrN2. The summed E-state index contributed by atoms with van der Waals surface area (Å²) >= 11 is 3.43. The second-order valence-electron chi connectivity index (χ2n) is 2.90. The van der Waals surface area contributed by atoms with Crippen LogP contribution >= 0.6 is 15.9 Å². The minimum Gasteiger partial charge on any atom is -0.294 e. The summed E-state index contributed by atoms with van der Waals surface area (Å²) in [5.41, 5.74) is 3.55. The third-order valence-corrected chi connectivity index (χ3v) is 2.74. The number of pyridine rings is 1. The lowest BCUT2D eigenvalue weighted by molar-refractivity contribution is 1.12. The minimum atomic E-state index is 1.00. The Hall–Kier alpha value is -0.830. The molecule has 62 valence electrons. The summed E-state index contributed by atoms with van der Waals surface area (Å²) in [6.45, 7) is 4.18. The molecule has 0 saturated heterocycles. The second-order valence-corrected chi connectivity index (χ2v) is 3.71. The minimum absolute atomic E-state index is 1.00. The van der Waals surface area contributed by atoms with Crippen molar-refractivity contribution in [2.24, 2.45) is 0 Å². The van der Waals surface area contributed by atoms with Crippen LogP contribution in [0.1, 0.15) is 11.1 Å². The standard InChI is InChI=1S/C9H9BrN2/c1-6-3-4-12-8(10)5-11-9(12)7(6)2/h3-5H,1-2H3. The average Bonchev–Trinajstić information content (AvgIpc) is 2.41. The number of imidazole rings is 1. The van der Waals surface area contributed by atoms with Crippen LogP contribution in [-0.4, -0.2) is 9.38 Å². The van der Waals surface area contributed by atoms with Crippen molar-refractivity contribution in [2.45, 2.75) is 13.8 Å². The molecule has 0 aliphatic heterocycles. The lowest BCUT2D eigenvalue weighted by Crippen LogP contribution is -1.90. The molecule has 2 rings (SSSR count). The van der Waals surface area contributed by atoms with E-state index in [9.17, 15) is 0 Å². The average molecular weight is 225 g/mol. The first-order chi connectivity index (χ1) is 5.70. The van der Waals surface area contributed by atoms with Crippen molar-refractivity contribution in [1.82, 2.24) is 9.38 Å². The molecule has 2 aromatic rings. The molecule has 0 aliphatic rings. The van der Waals surface area contributed by atoms with Crippen LogP contribution in [0.3, 0.4) is 0 Å². The number of nitrogens with zero attached hydrogens (tertiary/aromatic N) is 2. The van der Waals surface area contributed by atoms with Gasteiger partial charge in [0.05, 0.1) is 6.20 Å². The van der Waals surface area contributed by atoms with Gasteiger partial charge in [-0.25, -0.2) is 4.98 Å². The van der Waals surface area contributed by atoms with E-state index in [2.05, 4.69) is 40.8 Å². The summed E-state index contributed by atoms with van der Waals surface area (Å²) in [4.78, 5) is 4.29. The highest BCUT2D eigenvalue weighted by molar-refractivity contribution is 9.10. The Morgan fingerprint density at radius 2 is 2.17 bits per heavy atom. The Kier molecular flexibility index (Phi) is 1.68. The number of hydrogen-bond acceptors (Lipinski definition) is 1. The summed E-state index contributed by atoms with van der Waals surface area (Å²) < 4.78 is 3.03. The quantitative estimate of drug-likeness (QED) is 0.673. The van der Waals surface area contributed by atoms with Crippen molar-refractivity contribution >= 4 is 21.6 Å². The number of fused-ring (bicyclic) bond motifs is 1. The van der Waals surface area contributed by atoms with Crippen LogP contribution in [0.2, 0.25) is 0 Å². The Labute approximate surface area is 79.4 Å². The van der Waals surface area contributed by atoms with Crippen LogP contribution in [0.4, 0.5) is 0 Å². The predicted molar refractivity (Wildman–Crippen MR) is 52.4 cm³/mol. The molecule has 0 spiro atoms. The summed E-state index contributed by atoms with van der Waals surface area (Å²) in [6.07, 6.45) is 3.84. The summed E-state index contributed by atoms with van der Waals surface area (Å²) in [7, 11) is 0. The van der Waals surface area contributed by atoms with Gasteiger partial charge in [0, 0.05) is 6.20 Å². The van der Waals surface area contributed by atoms with E-state index in [1.807, 2.05) is 16.8 Å². The molecule has 2 nitrogen and oxygen atoms in total. The zero-order valence-electron chi connectivity index (χ0n) is 7.00. The maximum Gasteiger partial charge on any atom is 0.140 e. The molecule has 0 bridgehead atoms. The monoisotopic (exact) mass is 224 g/mol. The van der Waals surface area contributed by atoms with Crippen LogP contribution in [0.15, 0.2) is 23.1 Å². The summed E-state index contributed by atoms with van der Waals surface area (Å²) in [5, 5.41) is 0. The van der Waals surface area contributed by atoms with Crippen molar-refractivity contribution in [3.63, 3.8) is 0 Å². The zero-order chi connectivity index (χ0) is 8.72. The maximum absolute atomic E-state index is 4.29. The smallest absolute Gasteiger partial charge is 0.140 e. The first kappa shape index (κ1) is 7.80. The third kappa shape index (κ3) is 0.966. The van der Waals surface area contributed by atoms with Gasteiger partial charge in [0.25, 0.3) is 0 Å². The van der Waals surface area contributed by atoms with Crippen molar-refractivity contribution in [2.75, 3.05) is 0 Å². The molecule has 0 atom stereocenters. The van der Waals surface area contributed by atoms with E-state index in [1.54, 1.807) is 0 Å². The van der Waals surface area contributed by atoms with Crippen LogP contribution < -0.4 is 0 Å². The highest BCUT2D eigenvalue weighted by atomic mass is 79.9. The van der Waals surface area contributed by atoms with Gasteiger partial charge >= 0.3 is 0 Å². The SMILES string of the molecule is Cc1ccn2c(Br)cnc2c1C. The first-order valence-corrected chi connectivity index (χ1v) is 4.58. The van der Waals surface area contributed by atoms with E-state index in [0.717, 1.165) is 10.3 Å². The van der Waals surface area contributed by atoms with E-state index in [4.69, 9.17) is 0 Å². The van der Waals surface area contributed by atoms with E-state index in [0.29, 0.717) is 0 Å². The van der Waals surface area contributed by atoms with Gasteiger partial charge in [0.1, 0.15) is 10.3 Å². The Bertz CT molecular complexity index is 431. The highest BCUT2D eigenvalue weighted by Crippen LogP contribution is 2.17. The molecule has 0 amide bonds. The molecule has 0 fully saturated rings. The molecule has 0 saturated carbocycles. The fourth-order valence-corrected chi connectivity index (χ4v) is 1.64. The Balaban J connectivity index is 2.93.